The highest BCUT2D eigenvalue weighted by molar-refractivity contribution is 7.11. The summed E-state index contributed by atoms with van der Waals surface area (Å²) in [5.41, 5.74) is 2.44. The number of hydrogen-bond acceptors (Lipinski definition) is 4. The van der Waals surface area contributed by atoms with Gasteiger partial charge in [-0.1, -0.05) is 0 Å². The van der Waals surface area contributed by atoms with Crippen LogP contribution in [-0.2, 0) is 4.79 Å². The Morgan fingerprint density at radius 2 is 2.32 bits per heavy atom. The predicted molar refractivity (Wildman–Crippen MR) is 72.4 cm³/mol. The summed E-state index contributed by atoms with van der Waals surface area (Å²) in [7, 11) is 0. The lowest BCUT2D eigenvalue weighted by Gasteiger charge is -2.35. The van der Waals surface area contributed by atoms with Crippen LogP contribution in [0.3, 0.4) is 0 Å². The smallest absolute Gasteiger partial charge is 0.303 e. The van der Waals surface area contributed by atoms with Gasteiger partial charge < -0.3 is 10.0 Å². The van der Waals surface area contributed by atoms with E-state index in [2.05, 4.69) is 4.98 Å². The second-order valence-corrected chi connectivity index (χ2v) is 5.70. The van der Waals surface area contributed by atoms with Gasteiger partial charge in [-0.05, 0) is 32.6 Å². The Kier molecular flexibility index (Phi) is 4.52. The maximum absolute atomic E-state index is 12.5. The van der Waals surface area contributed by atoms with Crippen molar-refractivity contribution >= 4 is 23.2 Å². The zero-order valence-electron chi connectivity index (χ0n) is 11.0. The number of aryl methyl sites for hydroxylation is 1. The molecule has 104 valence electrons. The highest BCUT2D eigenvalue weighted by atomic mass is 32.1. The number of carbonyl (C=O) groups excluding carboxylic acids is 1. The molecule has 2 rings (SSSR count). The van der Waals surface area contributed by atoms with Gasteiger partial charge in [0.25, 0.3) is 5.91 Å². The summed E-state index contributed by atoms with van der Waals surface area (Å²) in [6.07, 6.45) is 3.62. The number of hydrogen-bond donors (Lipinski definition) is 1. The second kappa shape index (κ2) is 6.14. The number of likely N-dealkylation sites (tertiary alicyclic amines) is 1. The Morgan fingerprint density at radius 3 is 2.95 bits per heavy atom. The molecule has 1 aliphatic rings. The van der Waals surface area contributed by atoms with E-state index in [-0.39, 0.29) is 18.4 Å². The lowest BCUT2D eigenvalue weighted by Crippen LogP contribution is -2.43. The molecule has 0 radical (unpaired) electrons. The molecule has 6 heteroatoms. The van der Waals surface area contributed by atoms with Crippen LogP contribution in [0.25, 0.3) is 0 Å². The van der Waals surface area contributed by atoms with Crippen LogP contribution in [0.15, 0.2) is 5.51 Å². The van der Waals surface area contributed by atoms with Crippen molar-refractivity contribution in [3.63, 3.8) is 0 Å². The molecule has 2 heterocycles. The number of aliphatic carboxylic acids is 1. The summed E-state index contributed by atoms with van der Waals surface area (Å²) in [6, 6.07) is 0.0545. The predicted octanol–water partition coefficient (Wildman–Crippen LogP) is 2.31. The van der Waals surface area contributed by atoms with E-state index in [0.717, 1.165) is 31.5 Å². The first-order valence-corrected chi connectivity index (χ1v) is 7.40. The third-order valence-corrected chi connectivity index (χ3v) is 4.44. The number of piperidine rings is 1. The summed E-state index contributed by atoms with van der Waals surface area (Å²) in [4.78, 5) is 29.8. The molecule has 1 fully saturated rings. The van der Waals surface area contributed by atoms with Crippen LogP contribution in [0, 0.1) is 6.92 Å². The minimum Gasteiger partial charge on any atom is -0.481 e. The van der Waals surface area contributed by atoms with Gasteiger partial charge in [0.05, 0.1) is 11.2 Å². The molecule has 1 aliphatic heterocycles. The van der Waals surface area contributed by atoms with Crippen molar-refractivity contribution in [2.45, 2.75) is 45.1 Å². The number of carbonyl (C=O) groups is 2. The minimum atomic E-state index is -0.799. The Morgan fingerprint density at radius 1 is 1.53 bits per heavy atom. The molecule has 5 nitrogen and oxygen atoms in total. The molecule has 1 amide bonds. The number of nitrogens with zero attached hydrogens (tertiary/aromatic N) is 2. The lowest BCUT2D eigenvalue weighted by molar-refractivity contribution is -0.137. The zero-order valence-corrected chi connectivity index (χ0v) is 11.8. The van der Waals surface area contributed by atoms with Crippen molar-refractivity contribution < 1.29 is 14.7 Å². The van der Waals surface area contributed by atoms with Gasteiger partial charge in [-0.25, -0.2) is 4.98 Å². The molecule has 0 aromatic carbocycles. The van der Waals surface area contributed by atoms with Crippen molar-refractivity contribution in [3.05, 3.63) is 16.1 Å². The first kappa shape index (κ1) is 14.0. The molecule has 0 aliphatic carbocycles. The van der Waals surface area contributed by atoms with Gasteiger partial charge in [0.1, 0.15) is 4.88 Å². The van der Waals surface area contributed by atoms with Crippen LogP contribution in [-0.4, -0.2) is 39.5 Å². The van der Waals surface area contributed by atoms with Crippen LogP contribution < -0.4 is 0 Å². The SMILES string of the molecule is Cc1ncsc1C(=O)N1CCCC[C@H]1CCC(=O)O. The standard InChI is InChI=1S/C13H18N2O3S/c1-9-12(19-8-14-9)13(18)15-7-3-2-4-10(15)5-6-11(16)17/h8,10H,2-7H2,1H3,(H,16,17)/t10-/m0/s1. The minimum absolute atomic E-state index is 0.00934. The maximum atomic E-state index is 12.5. The fourth-order valence-corrected chi connectivity index (χ4v) is 3.25. The van der Waals surface area contributed by atoms with E-state index in [1.165, 1.54) is 11.3 Å². The zero-order chi connectivity index (χ0) is 13.8. The Labute approximate surface area is 116 Å². The quantitative estimate of drug-likeness (QED) is 0.920. The average molecular weight is 282 g/mol. The van der Waals surface area contributed by atoms with Crippen LogP contribution in [0.5, 0.6) is 0 Å². The molecule has 0 saturated carbocycles. The average Bonchev–Trinajstić information content (AvgIpc) is 2.82. The van der Waals surface area contributed by atoms with Gasteiger partial charge in [-0.3, -0.25) is 9.59 Å². The van der Waals surface area contributed by atoms with E-state index in [9.17, 15) is 9.59 Å². The van der Waals surface area contributed by atoms with Crippen molar-refractivity contribution in [1.82, 2.24) is 9.88 Å². The highest BCUT2D eigenvalue weighted by Crippen LogP contribution is 2.25. The van der Waals surface area contributed by atoms with E-state index in [4.69, 9.17) is 5.11 Å². The van der Waals surface area contributed by atoms with Gasteiger partial charge in [0.2, 0.25) is 0 Å². The molecule has 1 aromatic rings. The normalized spacial score (nSPS) is 19.4. The lowest BCUT2D eigenvalue weighted by atomic mass is 9.97. The number of amides is 1. The molecule has 1 N–H and O–H groups in total. The summed E-state index contributed by atoms with van der Waals surface area (Å²) in [5, 5.41) is 8.79. The fraction of sp³-hybridized carbons (Fsp3) is 0.615. The maximum Gasteiger partial charge on any atom is 0.303 e. The van der Waals surface area contributed by atoms with Gasteiger partial charge in [0, 0.05) is 19.0 Å². The largest absolute Gasteiger partial charge is 0.481 e. The van der Waals surface area contributed by atoms with Crippen molar-refractivity contribution in [2.75, 3.05) is 6.54 Å². The monoisotopic (exact) mass is 282 g/mol. The third-order valence-electron chi connectivity index (χ3n) is 3.52. The summed E-state index contributed by atoms with van der Waals surface area (Å²) >= 11 is 1.36. The van der Waals surface area contributed by atoms with Gasteiger partial charge >= 0.3 is 5.97 Å². The number of carboxylic acid groups (broad SMARTS) is 1. The molecule has 1 saturated heterocycles. The van der Waals surface area contributed by atoms with Gasteiger partial charge in [0.15, 0.2) is 0 Å². The van der Waals surface area contributed by atoms with E-state index in [1.54, 1.807) is 5.51 Å². The molecular formula is C13H18N2O3S. The van der Waals surface area contributed by atoms with E-state index < -0.39 is 5.97 Å². The topological polar surface area (TPSA) is 70.5 Å². The third kappa shape index (κ3) is 3.32. The Hall–Kier alpha value is -1.43. The number of carboxylic acids is 1. The Balaban J connectivity index is 2.08. The second-order valence-electron chi connectivity index (χ2n) is 4.85. The van der Waals surface area contributed by atoms with Crippen LogP contribution in [0.4, 0.5) is 0 Å². The van der Waals surface area contributed by atoms with Crippen LogP contribution in [0.1, 0.15) is 47.5 Å². The fourth-order valence-electron chi connectivity index (χ4n) is 2.50. The van der Waals surface area contributed by atoms with Crippen LogP contribution in [0.2, 0.25) is 0 Å². The molecular weight excluding hydrogens is 264 g/mol. The number of aromatic nitrogens is 1. The van der Waals surface area contributed by atoms with E-state index in [0.29, 0.717) is 11.3 Å². The molecule has 19 heavy (non-hydrogen) atoms. The highest BCUT2D eigenvalue weighted by Gasteiger charge is 2.29. The van der Waals surface area contributed by atoms with Gasteiger partial charge in [-0.15, -0.1) is 11.3 Å². The van der Waals surface area contributed by atoms with Crippen molar-refractivity contribution in [3.8, 4) is 0 Å². The Bertz CT molecular complexity index is 472. The van der Waals surface area contributed by atoms with Crippen LogP contribution >= 0.6 is 11.3 Å². The molecule has 1 aromatic heterocycles. The molecule has 0 spiro atoms. The summed E-state index contributed by atoms with van der Waals surface area (Å²) in [6.45, 7) is 2.56. The first-order valence-electron chi connectivity index (χ1n) is 6.52. The summed E-state index contributed by atoms with van der Waals surface area (Å²) in [5.74, 6) is -0.790. The molecule has 0 unspecified atom stereocenters. The molecule has 1 atom stereocenters. The number of thiazole rings is 1. The van der Waals surface area contributed by atoms with E-state index in [1.807, 2.05) is 11.8 Å². The van der Waals surface area contributed by atoms with Crippen molar-refractivity contribution in [1.29, 1.82) is 0 Å². The van der Waals surface area contributed by atoms with E-state index >= 15 is 0 Å². The summed E-state index contributed by atoms with van der Waals surface area (Å²) < 4.78 is 0. The van der Waals surface area contributed by atoms with Crippen molar-refractivity contribution in [2.24, 2.45) is 0 Å². The first-order chi connectivity index (χ1) is 9.09. The molecule has 0 bridgehead atoms. The van der Waals surface area contributed by atoms with Gasteiger partial charge in [-0.2, -0.15) is 0 Å². The number of rotatable bonds is 4.